The third-order valence-electron chi connectivity index (χ3n) is 3.71. The summed E-state index contributed by atoms with van der Waals surface area (Å²) in [5, 5.41) is 13.9. The lowest BCUT2D eigenvalue weighted by molar-refractivity contribution is 0.288. The predicted molar refractivity (Wildman–Crippen MR) is 96.4 cm³/mol. The Morgan fingerprint density at radius 3 is 2.67 bits per heavy atom. The normalized spacial score (nSPS) is 11.1. The number of tetrazole rings is 1. The van der Waals surface area contributed by atoms with Crippen molar-refractivity contribution in [2.24, 2.45) is 0 Å². The lowest BCUT2D eigenvalue weighted by Gasteiger charge is -2.11. The lowest BCUT2D eigenvalue weighted by atomic mass is 10.1. The highest BCUT2D eigenvalue weighted by Crippen LogP contribution is 2.35. The van der Waals surface area contributed by atoms with Gasteiger partial charge in [0, 0.05) is 10.6 Å². The number of nitrogens with zero attached hydrogens (tertiary/aromatic N) is 3. The summed E-state index contributed by atoms with van der Waals surface area (Å²) in [6.45, 7) is -0.130. The average molecular weight is 407 g/mol. The van der Waals surface area contributed by atoms with E-state index in [1.807, 2.05) is 0 Å². The summed E-state index contributed by atoms with van der Waals surface area (Å²) in [5.74, 6) is -0.192. The van der Waals surface area contributed by atoms with Crippen molar-refractivity contribution in [3.8, 4) is 17.1 Å². The van der Waals surface area contributed by atoms with Crippen LogP contribution in [-0.2, 0) is 6.61 Å². The van der Waals surface area contributed by atoms with Gasteiger partial charge in [-0.3, -0.25) is 4.79 Å². The van der Waals surface area contributed by atoms with Crippen LogP contribution in [0.2, 0.25) is 10.0 Å². The summed E-state index contributed by atoms with van der Waals surface area (Å²) >= 11 is 12.2. The van der Waals surface area contributed by atoms with Gasteiger partial charge in [0.25, 0.3) is 0 Å². The van der Waals surface area contributed by atoms with E-state index < -0.39 is 11.2 Å². The van der Waals surface area contributed by atoms with Crippen LogP contribution in [0.25, 0.3) is 22.3 Å². The standard InChI is InChI=1S/C17H9Cl2FN4O3/c18-9-5-11-14(25)17(26-7-13-21-23-24-22-13)15(27-16(11)12(19)6-9)8-1-3-10(20)4-2-8/h1-6H,7H2,(H,21,22,23,24). The topological polar surface area (TPSA) is 93.9 Å². The Hall–Kier alpha value is -2.97. The number of rotatable bonds is 4. The summed E-state index contributed by atoms with van der Waals surface area (Å²) < 4.78 is 24.8. The molecule has 0 spiro atoms. The minimum Gasteiger partial charge on any atom is -0.478 e. The fourth-order valence-corrected chi connectivity index (χ4v) is 3.04. The van der Waals surface area contributed by atoms with Crippen LogP contribution in [0.1, 0.15) is 5.82 Å². The first kappa shape index (κ1) is 17.4. The molecule has 0 atom stereocenters. The molecule has 10 heteroatoms. The van der Waals surface area contributed by atoms with Crippen LogP contribution in [0.5, 0.6) is 5.75 Å². The number of hydrogen-bond donors (Lipinski definition) is 1. The van der Waals surface area contributed by atoms with Crippen LogP contribution in [0.4, 0.5) is 4.39 Å². The van der Waals surface area contributed by atoms with Crippen molar-refractivity contribution in [3.05, 3.63) is 68.3 Å². The van der Waals surface area contributed by atoms with E-state index in [0.29, 0.717) is 5.56 Å². The Kier molecular flexibility index (Phi) is 4.51. The Balaban J connectivity index is 1.93. The Morgan fingerprint density at radius 2 is 1.96 bits per heavy atom. The fourth-order valence-electron chi connectivity index (χ4n) is 2.51. The molecule has 2 heterocycles. The van der Waals surface area contributed by atoms with Crippen LogP contribution in [-0.4, -0.2) is 20.6 Å². The quantitative estimate of drug-likeness (QED) is 0.550. The maximum absolute atomic E-state index is 13.3. The molecule has 0 aliphatic rings. The zero-order chi connectivity index (χ0) is 19.0. The van der Waals surface area contributed by atoms with Gasteiger partial charge >= 0.3 is 0 Å². The SMILES string of the molecule is O=c1c(OCc2nn[nH]n2)c(-c2ccc(F)cc2)oc2c(Cl)cc(Cl)cc12. The van der Waals surface area contributed by atoms with Gasteiger partial charge in [0.05, 0.1) is 10.4 Å². The Labute approximate surface area is 160 Å². The zero-order valence-electron chi connectivity index (χ0n) is 13.4. The monoisotopic (exact) mass is 406 g/mol. The average Bonchev–Trinajstić information content (AvgIpc) is 3.16. The summed E-state index contributed by atoms with van der Waals surface area (Å²) in [7, 11) is 0. The molecule has 4 rings (SSSR count). The molecule has 136 valence electrons. The molecule has 0 saturated heterocycles. The maximum Gasteiger partial charge on any atom is 0.235 e. The first-order chi connectivity index (χ1) is 13.0. The van der Waals surface area contributed by atoms with E-state index in [1.165, 1.54) is 36.4 Å². The zero-order valence-corrected chi connectivity index (χ0v) is 14.9. The molecule has 1 N–H and O–H groups in total. The number of H-pyrrole nitrogens is 1. The molecule has 0 amide bonds. The highest BCUT2D eigenvalue weighted by molar-refractivity contribution is 6.38. The number of aromatic nitrogens is 4. The number of nitrogens with one attached hydrogen (secondary N) is 1. The fraction of sp³-hybridized carbons (Fsp3) is 0.0588. The van der Waals surface area contributed by atoms with Crippen molar-refractivity contribution in [2.45, 2.75) is 6.61 Å². The second kappa shape index (κ2) is 6.98. The molecule has 2 aromatic carbocycles. The largest absolute Gasteiger partial charge is 0.478 e. The van der Waals surface area contributed by atoms with E-state index in [9.17, 15) is 9.18 Å². The molecule has 4 aromatic rings. The first-order valence-corrected chi connectivity index (χ1v) is 8.35. The van der Waals surface area contributed by atoms with Crippen molar-refractivity contribution >= 4 is 34.2 Å². The van der Waals surface area contributed by atoms with Gasteiger partial charge in [-0.2, -0.15) is 5.21 Å². The molecule has 0 fully saturated rings. The van der Waals surface area contributed by atoms with Crippen LogP contribution < -0.4 is 10.2 Å². The minimum absolute atomic E-state index is 0.0974. The van der Waals surface area contributed by atoms with Crippen molar-refractivity contribution in [1.29, 1.82) is 0 Å². The van der Waals surface area contributed by atoms with Gasteiger partial charge in [0.1, 0.15) is 5.82 Å². The van der Waals surface area contributed by atoms with Gasteiger partial charge in [-0.15, -0.1) is 10.2 Å². The number of hydrogen-bond acceptors (Lipinski definition) is 6. The molecule has 2 aromatic heterocycles. The third-order valence-corrected chi connectivity index (χ3v) is 4.21. The van der Waals surface area contributed by atoms with Gasteiger partial charge in [0.2, 0.25) is 17.0 Å². The number of ether oxygens (including phenoxy) is 1. The molecule has 27 heavy (non-hydrogen) atoms. The molecular formula is C17H9Cl2FN4O3. The molecule has 0 saturated carbocycles. The number of benzene rings is 2. The lowest BCUT2D eigenvalue weighted by Crippen LogP contribution is -2.11. The van der Waals surface area contributed by atoms with E-state index in [1.54, 1.807) is 0 Å². The first-order valence-electron chi connectivity index (χ1n) is 7.60. The molecule has 7 nitrogen and oxygen atoms in total. The van der Waals surface area contributed by atoms with E-state index in [-0.39, 0.29) is 45.0 Å². The summed E-state index contributed by atoms with van der Waals surface area (Å²) in [4.78, 5) is 13.0. The van der Waals surface area contributed by atoms with Crippen molar-refractivity contribution in [3.63, 3.8) is 0 Å². The van der Waals surface area contributed by atoms with Gasteiger partial charge in [-0.1, -0.05) is 28.4 Å². The number of fused-ring (bicyclic) bond motifs is 1. The van der Waals surface area contributed by atoms with Crippen LogP contribution in [0.3, 0.4) is 0 Å². The van der Waals surface area contributed by atoms with Crippen LogP contribution in [0.15, 0.2) is 45.6 Å². The van der Waals surface area contributed by atoms with Gasteiger partial charge in [-0.25, -0.2) is 4.39 Å². The smallest absolute Gasteiger partial charge is 0.235 e. The third kappa shape index (κ3) is 3.36. The maximum atomic E-state index is 13.3. The van der Waals surface area contributed by atoms with E-state index in [4.69, 9.17) is 32.4 Å². The van der Waals surface area contributed by atoms with Crippen molar-refractivity contribution in [2.75, 3.05) is 0 Å². The van der Waals surface area contributed by atoms with E-state index >= 15 is 0 Å². The van der Waals surface area contributed by atoms with E-state index in [2.05, 4.69) is 20.6 Å². The molecule has 0 bridgehead atoms. The van der Waals surface area contributed by atoms with Gasteiger partial charge in [0.15, 0.2) is 18.0 Å². The molecule has 0 unspecified atom stereocenters. The van der Waals surface area contributed by atoms with Crippen molar-refractivity contribution in [1.82, 2.24) is 20.6 Å². The number of halogens is 3. The highest BCUT2D eigenvalue weighted by atomic mass is 35.5. The second-order valence-electron chi connectivity index (χ2n) is 5.48. The Morgan fingerprint density at radius 1 is 1.19 bits per heavy atom. The predicted octanol–water partition coefficient (Wildman–Crippen LogP) is 4.00. The van der Waals surface area contributed by atoms with E-state index in [0.717, 1.165) is 0 Å². The minimum atomic E-state index is -0.483. The molecular weight excluding hydrogens is 398 g/mol. The van der Waals surface area contributed by atoms with Gasteiger partial charge in [-0.05, 0) is 36.4 Å². The molecule has 0 radical (unpaired) electrons. The highest BCUT2D eigenvalue weighted by Gasteiger charge is 2.20. The molecule has 0 aliphatic heterocycles. The van der Waals surface area contributed by atoms with Crippen LogP contribution >= 0.6 is 23.2 Å². The van der Waals surface area contributed by atoms with Crippen LogP contribution in [0, 0.1) is 5.82 Å². The van der Waals surface area contributed by atoms with Crippen molar-refractivity contribution < 1.29 is 13.5 Å². The Bertz CT molecular complexity index is 1180. The second-order valence-corrected chi connectivity index (χ2v) is 6.32. The summed E-state index contributed by atoms with van der Waals surface area (Å²) in [5.41, 5.74) is 0.102. The molecule has 0 aliphatic carbocycles. The summed E-state index contributed by atoms with van der Waals surface area (Å²) in [6, 6.07) is 8.31. The van der Waals surface area contributed by atoms with Gasteiger partial charge < -0.3 is 9.15 Å². The number of aromatic amines is 1. The summed E-state index contributed by atoms with van der Waals surface area (Å²) in [6.07, 6.45) is 0.